The van der Waals surface area contributed by atoms with Gasteiger partial charge in [0.05, 0.1) is 18.4 Å². The number of nitrogens with zero attached hydrogens (tertiary/aromatic N) is 1. The van der Waals surface area contributed by atoms with Gasteiger partial charge in [-0.3, -0.25) is 4.79 Å². The Bertz CT molecular complexity index is 1050. The Morgan fingerprint density at radius 3 is 2.33 bits per heavy atom. The molecule has 6 nitrogen and oxygen atoms in total. The lowest BCUT2D eigenvalue weighted by molar-refractivity contribution is 0.0734. The number of carbonyl (C=O) groups excluding carboxylic acids is 2. The number of rotatable bonds is 7. The van der Waals surface area contributed by atoms with Gasteiger partial charge >= 0.3 is 5.97 Å². The number of hydrazone groups is 1. The molecule has 0 aromatic heterocycles. The zero-order valence-electron chi connectivity index (χ0n) is 16.2. The molecule has 0 saturated carbocycles. The molecule has 0 atom stereocenters. The quantitative estimate of drug-likeness (QED) is 0.258. The van der Waals surface area contributed by atoms with Crippen LogP contribution in [0.25, 0.3) is 0 Å². The standard InChI is InChI=1S/C23H19ClN2O4/c1-2-29-20-12-8-17(9-13-20)23(28)30-21-10-6-16(7-11-21)15-25-26-22(27)18-4-3-5-19(24)14-18/h3-15H,2H2,1H3,(H,26,27). The molecule has 0 heterocycles. The second kappa shape index (κ2) is 10.2. The molecule has 0 unspecified atom stereocenters. The molecule has 0 bridgehead atoms. The molecule has 152 valence electrons. The molecule has 3 rings (SSSR count). The first-order chi connectivity index (χ1) is 14.5. The van der Waals surface area contributed by atoms with Gasteiger partial charge in [-0.15, -0.1) is 0 Å². The Morgan fingerprint density at radius 2 is 1.67 bits per heavy atom. The van der Waals surface area contributed by atoms with Gasteiger partial charge in [0.25, 0.3) is 5.91 Å². The zero-order valence-corrected chi connectivity index (χ0v) is 16.9. The Labute approximate surface area is 179 Å². The van der Waals surface area contributed by atoms with Crippen LogP contribution in [0.4, 0.5) is 0 Å². The van der Waals surface area contributed by atoms with Crippen LogP contribution in [0, 0.1) is 0 Å². The van der Waals surface area contributed by atoms with Crippen molar-refractivity contribution in [1.29, 1.82) is 0 Å². The van der Waals surface area contributed by atoms with Crippen LogP contribution in [0.3, 0.4) is 0 Å². The summed E-state index contributed by atoms with van der Waals surface area (Å²) in [6.07, 6.45) is 1.49. The van der Waals surface area contributed by atoms with Gasteiger partial charge in [-0.25, -0.2) is 10.2 Å². The maximum absolute atomic E-state index is 12.2. The van der Waals surface area contributed by atoms with Gasteiger partial charge in [0.2, 0.25) is 0 Å². The third kappa shape index (κ3) is 5.93. The number of hydrogen-bond donors (Lipinski definition) is 1. The summed E-state index contributed by atoms with van der Waals surface area (Å²) in [5, 5.41) is 4.40. The zero-order chi connectivity index (χ0) is 21.3. The van der Waals surface area contributed by atoms with Gasteiger partial charge in [0.1, 0.15) is 11.5 Å². The largest absolute Gasteiger partial charge is 0.494 e. The molecular weight excluding hydrogens is 404 g/mol. The highest BCUT2D eigenvalue weighted by atomic mass is 35.5. The number of halogens is 1. The van der Waals surface area contributed by atoms with Crippen LogP contribution >= 0.6 is 11.6 Å². The third-order valence-corrected chi connectivity index (χ3v) is 4.19. The molecule has 3 aromatic carbocycles. The fourth-order valence-corrected chi connectivity index (χ4v) is 2.69. The maximum atomic E-state index is 12.2. The van der Waals surface area contributed by atoms with Crippen LogP contribution in [0.5, 0.6) is 11.5 Å². The minimum Gasteiger partial charge on any atom is -0.494 e. The first-order valence-corrected chi connectivity index (χ1v) is 9.57. The number of benzene rings is 3. The van der Waals surface area contributed by atoms with E-state index in [1.165, 1.54) is 6.21 Å². The van der Waals surface area contributed by atoms with Crippen molar-refractivity contribution in [3.8, 4) is 11.5 Å². The molecule has 0 aliphatic carbocycles. The van der Waals surface area contributed by atoms with Crippen molar-refractivity contribution in [2.45, 2.75) is 6.92 Å². The predicted molar refractivity (Wildman–Crippen MR) is 116 cm³/mol. The van der Waals surface area contributed by atoms with Gasteiger partial charge < -0.3 is 9.47 Å². The summed E-state index contributed by atoms with van der Waals surface area (Å²) in [5.41, 5.74) is 3.99. The third-order valence-electron chi connectivity index (χ3n) is 3.96. The van der Waals surface area contributed by atoms with Crippen LogP contribution in [0.1, 0.15) is 33.2 Å². The summed E-state index contributed by atoms with van der Waals surface area (Å²) < 4.78 is 10.7. The summed E-state index contributed by atoms with van der Waals surface area (Å²) in [6.45, 7) is 2.45. The lowest BCUT2D eigenvalue weighted by Crippen LogP contribution is -2.17. The normalized spacial score (nSPS) is 10.6. The minimum atomic E-state index is -0.465. The van der Waals surface area contributed by atoms with E-state index in [4.69, 9.17) is 21.1 Å². The second-order valence-corrected chi connectivity index (χ2v) is 6.56. The highest BCUT2D eigenvalue weighted by Crippen LogP contribution is 2.16. The molecule has 0 aliphatic heterocycles. The molecule has 7 heteroatoms. The van der Waals surface area contributed by atoms with Crippen molar-refractivity contribution in [1.82, 2.24) is 5.43 Å². The van der Waals surface area contributed by atoms with E-state index in [9.17, 15) is 9.59 Å². The number of carbonyl (C=O) groups is 2. The molecule has 1 amide bonds. The fraction of sp³-hybridized carbons (Fsp3) is 0.0870. The highest BCUT2D eigenvalue weighted by Gasteiger charge is 2.09. The summed E-state index contributed by atoms with van der Waals surface area (Å²) in [7, 11) is 0. The van der Waals surface area contributed by atoms with E-state index in [0.29, 0.717) is 34.3 Å². The van der Waals surface area contributed by atoms with Crippen molar-refractivity contribution in [3.05, 3.63) is 94.5 Å². The van der Waals surface area contributed by atoms with Crippen molar-refractivity contribution in [2.24, 2.45) is 5.10 Å². The predicted octanol–water partition coefficient (Wildman–Crippen LogP) is 4.72. The maximum Gasteiger partial charge on any atom is 0.343 e. The van der Waals surface area contributed by atoms with Gasteiger partial charge in [0.15, 0.2) is 0 Å². The Morgan fingerprint density at radius 1 is 0.967 bits per heavy atom. The first kappa shape index (κ1) is 21.1. The molecular formula is C23H19ClN2O4. The van der Waals surface area contributed by atoms with Crippen molar-refractivity contribution in [3.63, 3.8) is 0 Å². The highest BCUT2D eigenvalue weighted by molar-refractivity contribution is 6.30. The first-order valence-electron chi connectivity index (χ1n) is 9.19. The van der Waals surface area contributed by atoms with E-state index in [0.717, 1.165) is 5.56 Å². The van der Waals surface area contributed by atoms with Crippen LogP contribution in [-0.4, -0.2) is 24.7 Å². The molecule has 0 fully saturated rings. The molecule has 1 N–H and O–H groups in total. The molecule has 0 spiro atoms. The number of esters is 1. The van der Waals surface area contributed by atoms with Crippen molar-refractivity contribution >= 4 is 29.7 Å². The Kier molecular flexibility index (Phi) is 7.19. The van der Waals surface area contributed by atoms with Gasteiger partial charge in [-0.2, -0.15) is 5.10 Å². The number of nitrogens with one attached hydrogen (secondary N) is 1. The number of amides is 1. The number of ether oxygens (including phenoxy) is 2. The lowest BCUT2D eigenvalue weighted by Gasteiger charge is -2.06. The van der Waals surface area contributed by atoms with Gasteiger partial charge in [-0.1, -0.05) is 17.7 Å². The Balaban J connectivity index is 1.54. The van der Waals surface area contributed by atoms with E-state index in [1.54, 1.807) is 72.8 Å². The molecule has 0 saturated heterocycles. The Hall–Kier alpha value is -3.64. The van der Waals surface area contributed by atoms with E-state index < -0.39 is 5.97 Å². The van der Waals surface area contributed by atoms with E-state index in [1.807, 2.05) is 6.92 Å². The van der Waals surface area contributed by atoms with E-state index in [-0.39, 0.29) is 5.91 Å². The summed E-state index contributed by atoms with van der Waals surface area (Å²) in [6, 6.07) is 20.0. The van der Waals surface area contributed by atoms with Crippen LogP contribution in [0.2, 0.25) is 5.02 Å². The summed E-state index contributed by atoms with van der Waals surface area (Å²) in [4.78, 5) is 24.2. The molecule has 0 radical (unpaired) electrons. The topological polar surface area (TPSA) is 77.0 Å². The average Bonchev–Trinajstić information content (AvgIpc) is 2.75. The number of hydrogen-bond acceptors (Lipinski definition) is 5. The molecule has 3 aromatic rings. The summed E-state index contributed by atoms with van der Waals surface area (Å²) >= 11 is 5.87. The monoisotopic (exact) mass is 422 g/mol. The van der Waals surface area contributed by atoms with E-state index >= 15 is 0 Å². The van der Waals surface area contributed by atoms with Gasteiger partial charge in [-0.05, 0) is 79.2 Å². The summed E-state index contributed by atoms with van der Waals surface area (Å²) in [5.74, 6) is 0.261. The van der Waals surface area contributed by atoms with Crippen molar-refractivity contribution < 1.29 is 19.1 Å². The smallest absolute Gasteiger partial charge is 0.343 e. The molecule has 0 aliphatic rings. The lowest BCUT2D eigenvalue weighted by atomic mass is 10.2. The van der Waals surface area contributed by atoms with Gasteiger partial charge in [0, 0.05) is 10.6 Å². The fourth-order valence-electron chi connectivity index (χ4n) is 2.50. The van der Waals surface area contributed by atoms with E-state index in [2.05, 4.69) is 10.5 Å². The van der Waals surface area contributed by atoms with Crippen LogP contribution < -0.4 is 14.9 Å². The average molecular weight is 423 g/mol. The van der Waals surface area contributed by atoms with Crippen LogP contribution in [0.15, 0.2) is 77.9 Å². The second-order valence-electron chi connectivity index (χ2n) is 6.13. The SMILES string of the molecule is CCOc1ccc(C(=O)Oc2ccc(C=NNC(=O)c3cccc(Cl)c3)cc2)cc1. The van der Waals surface area contributed by atoms with Crippen molar-refractivity contribution in [2.75, 3.05) is 6.61 Å². The van der Waals surface area contributed by atoms with Crippen LogP contribution in [-0.2, 0) is 0 Å². The minimum absolute atomic E-state index is 0.366. The molecule has 30 heavy (non-hydrogen) atoms.